The molecule has 3 aromatic heterocycles. The van der Waals surface area contributed by atoms with Gasteiger partial charge in [0.1, 0.15) is 5.69 Å². The topological polar surface area (TPSA) is 130 Å². The number of aromatic amines is 2. The van der Waals surface area contributed by atoms with Crippen LogP contribution in [0.3, 0.4) is 0 Å². The molecular formula is C17H12N6O2. The summed E-state index contributed by atoms with van der Waals surface area (Å²) >= 11 is 0. The Bertz CT molecular complexity index is 1100. The molecule has 8 nitrogen and oxygen atoms in total. The largest absolute Gasteiger partial charge is 0.363 e. The molecule has 0 saturated carbocycles. The number of nitrogens with zero attached hydrogens (tertiary/aromatic N) is 3. The number of nitrogens with one attached hydrogen (secondary N) is 2. The van der Waals surface area contributed by atoms with Crippen molar-refractivity contribution in [2.45, 2.75) is 0 Å². The minimum Gasteiger partial charge on any atom is -0.363 e. The van der Waals surface area contributed by atoms with Crippen LogP contribution in [0, 0.1) is 0 Å². The highest BCUT2D eigenvalue weighted by atomic mass is 16.2. The number of amides is 1. The SMILES string of the molecule is NC(=O)C(=O)c1n[nH]c2ccc(-c3cn[nH]c3-c3ccccn3)cc12. The van der Waals surface area contributed by atoms with Crippen molar-refractivity contribution >= 4 is 22.6 Å². The van der Waals surface area contributed by atoms with E-state index in [0.717, 1.165) is 22.5 Å². The van der Waals surface area contributed by atoms with Gasteiger partial charge >= 0.3 is 0 Å². The Labute approximate surface area is 141 Å². The molecule has 0 aliphatic rings. The fraction of sp³-hybridized carbons (Fsp3) is 0. The smallest absolute Gasteiger partial charge is 0.291 e. The molecule has 0 atom stereocenters. The summed E-state index contributed by atoms with van der Waals surface area (Å²) in [5.41, 5.74) is 8.86. The third-order valence-corrected chi connectivity index (χ3v) is 3.87. The van der Waals surface area contributed by atoms with Crippen LogP contribution in [0.2, 0.25) is 0 Å². The predicted molar refractivity (Wildman–Crippen MR) is 90.4 cm³/mol. The number of hydrogen-bond donors (Lipinski definition) is 3. The van der Waals surface area contributed by atoms with E-state index in [-0.39, 0.29) is 5.69 Å². The van der Waals surface area contributed by atoms with Gasteiger partial charge in [-0.05, 0) is 29.8 Å². The van der Waals surface area contributed by atoms with Crippen LogP contribution in [0.1, 0.15) is 10.5 Å². The number of H-pyrrole nitrogens is 2. The van der Waals surface area contributed by atoms with Crippen LogP contribution in [0.25, 0.3) is 33.4 Å². The number of ketones is 1. The Morgan fingerprint density at radius 2 is 1.96 bits per heavy atom. The Morgan fingerprint density at radius 1 is 1.08 bits per heavy atom. The van der Waals surface area contributed by atoms with Gasteiger partial charge in [-0.2, -0.15) is 10.2 Å². The first-order valence-corrected chi connectivity index (χ1v) is 7.42. The number of nitrogens with two attached hydrogens (primary N) is 1. The summed E-state index contributed by atoms with van der Waals surface area (Å²) in [6, 6.07) is 11.0. The van der Waals surface area contributed by atoms with Crippen LogP contribution in [0.5, 0.6) is 0 Å². The number of aromatic nitrogens is 5. The first-order valence-electron chi connectivity index (χ1n) is 7.42. The average Bonchev–Trinajstić information content (AvgIpc) is 3.28. The minimum absolute atomic E-state index is 0.00670. The molecule has 0 fully saturated rings. The summed E-state index contributed by atoms with van der Waals surface area (Å²) in [5.74, 6) is -1.88. The van der Waals surface area contributed by atoms with Crippen molar-refractivity contribution in [3.8, 4) is 22.5 Å². The van der Waals surface area contributed by atoms with Gasteiger partial charge in [-0.15, -0.1) is 0 Å². The van der Waals surface area contributed by atoms with E-state index in [1.807, 2.05) is 24.3 Å². The highest BCUT2D eigenvalue weighted by Crippen LogP contribution is 2.31. The molecule has 0 bridgehead atoms. The van der Waals surface area contributed by atoms with Crippen molar-refractivity contribution in [1.29, 1.82) is 0 Å². The van der Waals surface area contributed by atoms with E-state index >= 15 is 0 Å². The van der Waals surface area contributed by atoms with Gasteiger partial charge in [0.15, 0.2) is 0 Å². The molecule has 4 aromatic rings. The summed E-state index contributed by atoms with van der Waals surface area (Å²) in [4.78, 5) is 27.4. The lowest BCUT2D eigenvalue weighted by molar-refractivity contribution is -0.114. The summed E-state index contributed by atoms with van der Waals surface area (Å²) in [7, 11) is 0. The predicted octanol–water partition coefficient (Wildman–Crippen LogP) is 1.68. The number of carbonyl (C=O) groups is 2. The van der Waals surface area contributed by atoms with Gasteiger partial charge in [0.05, 0.1) is 23.1 Å². The van der Waals surface area contributed by atoms with Crippen LogP contribution in [0.4, 0.5) is 0 Å². The molecule has 4 N–H and O–H groups in total. The van der Waals surface area contributed by atoms with Gasteiger partial charge in [0.25, 0.3) is 11.7 Å². The van der Waals surface area contributed by atoms with Crippen LogP contribution < -0.4 is 5.73 Å². The third kappa shape index (κ3) is 2.45. The van der Waals surface area contributed by atoms with Crippen molar-refractivity contribution in [3.05, 3.63) is 54.5 Å². The van der Waals surface area contributed by atoms with Crippen molar-refractivity contribution in [2.24, 2.45) is 5.73 Å². The molecular weight excluding hydrogens is 320 g/mol. The quantitative estimate of drug-likeness (QED) is 0.386. The van der Waals surface area contributed by atoms with E-state index in [2.05, 4.69) is 25.4 Å². The minimum atomic E-state index is -1.05. The molecule has 0 aliphatic carbocycles. The lowest BCUT2D eigenvalue weighted by Gasteiger charge is -2.03. The Hall–Kier alpha value is -3.81. The van der Waals surface area contributed by atoms with E-state index in [1.165, 1.54) is 0 Å². The summed E-state index contributed by atoms with van der Waals surface area (Å²) in [6.07, 6.45) is 3.38. The fourth-order valence-corrected chi connectivity index (χ4v) is 2.68. The number of rotatable bonds is 4. The molecule has 122 valence electrons. The highest BCUT2D eigenvalue weighted by molar-refractivity contribution is 6.43. The standard InChI is InChI=1S/C17H12N6O2/c18-17(25)16(24)15-10-7-9(4-5-12(10)21-23-15)11-8-20-22-14(11)13-3-1-2-6-19-13/h1-8H,(H2,18,25)(H,20,22)(H,21,23). The summed E-state index contributed by atoms with van der Waals surface area (Å²) < 4.78 is 0. The Balaban J connectivity index is 1.87. The second-order valence-electron chi connectivity index (χ2n) is 5.40. The van der Waals surface area contributed by atoms with Crippen LogP contribution in [0.15, 0.2) is 48.8 Å². The second kappa shape index (κ2) is 5.68. The highest BCUT2D eigenvalue weighted by Gasteiger charge is 2.20. The van der Waals surface area contributed by atoms with Gasteiger partial charge in [-0.3, -0.25) is 24.8 Å². The second-order valence-corrected chi connectivity index (χ2v) is 5.40. The van der Waals surface area contributed by atoms with Gasteiger partial charge in [-0.25, -0.2) is 0 Å². The lowest BCUT2D eigenvalue weighted by atomic mass is 10.0. The summed E-state index contributed by atoms with van der Waals surface area (Å²) in [6.45, 7) is 0. The molecule has 0 spiro atoms. The van der Waals surface area contributed by atoms with E-state index in [0.29, 0.717) is 10.9 Å². The maximum atomic E-state index is 11.9. The van der Waals surface area contributed by atoms with Gasteiger partial charge in [0.2, 0.25) is 0 Å². The molecule has 25 heavy (non-hydrogen) atoms. The number of primary amides is 1. The molecule has 1 aromatic carbocycles. The van der Waals surface area contributed by atoms with Crippen molar-refractivity contribution < 1.29 is 9.59 Å². The van der Waals surface area contributed by atoms with Crippen LogP contribution in [-0.2, 0) is 4.79 Å². The number of hydrogen-bond acceptors (Lipinski definition) is 5. The average molecular weight is 332 g/mol. The summed E-state index contributed by atoms with van der Waals surface area (Å²) in [5, 5.41) is 14.2. The monoisotopic (exact) mass is 332 g/mol. The van der Waals surface area contributed by atoms with E-state index in [4.69, 9.17) is 5.73 Å². The first kappa shape index (κ1) is 14.8. The maximum Gasteiger partial charge on any atom is 0.291 e. The van der Waals surface area contributed by atoms with Crippen LogP contribution >= 0.6 is 0 Å². The van der Waals surface area contributed by atoms with E-state index in [1.54, 1.807) is 24.5 Å². The zero-order valence-corrected chi connectivity index (χ0v) is 12.9. The molecule has 0 aliphatic heterocycles. The number of carbonyl (C=O) groups excluding carboxylic acids is 2. The fourth-order valence-electron chi connectivity index (χ4n) is 2.68. The zero-order chi connectivity index (χ0) is 17.4. The number of fused-ring (bicyclic) bond motifs is 1. The molecule has 0 unspecified atom stereocenters. The van der Waals surface area contributed by atoms with Gasteiger partial charge in [-0.1, -0.05) is 12.1 Å². The number of benzene rings is 1. The molecule has 3 heterocycles. The number of pyridine rings is 1. The van der Waals surface area contributed by atoms with Crippen molar-refractivity contribution in [2.75, 3.05) is 0 Å². The molecule has 4 rings (SSSR count). The maximum absolute atomic E-state index is 11.9. The normalized spacial score (nSPS) is 10.9. The molecule has 1 amide bonds. The lowest BCUT2D eigenvalue weighted by Crippen LogP contribution is -2.23. The molecule has 8 heteroatoms. The Kier molecular flexibility index (Phi) is 3.35. The Morgan fingerprint density at radius 3 is 2.72 bits per heavy atom. The third-order valence-electron chi connectivity index (χ3n) is 3.87. The van der Waals surface area contributed by atoms with Gasteiger partial charge in [0, 0.05) is 17.1 Å². The van der Waals surface area contributed by atoms with Crippen molar-refractivity contribution in [1.82, 2.24) is 25.4 Å². The van der Waals surface area contributed by atoms with Crippen LogP contribution in [-0.4, -0.2) is 37.1 Å². The van der Waals surface area contributed by atoms with E-state index < -0.39 is 11.7 Å². The first-order chi connectivity index (χ1) is 12.1. The number of Topliss-reactive ketones (excluding diaryl/α,β-unsaturated/α-hetero) is 1. The van der Waals surface area contributed by atoms with E-state index in [9.17, 15) is 9.59 Å². The van der Waals surface area contributed by atoms with Gasteiger partial charge < -0.3 is 5.73 Å². The molecule has 0 radical (unpaired) electrons. The molecule has 0 saturated heterocycles. The van der Waals surface area contributed by atoms with Crippen molar-refractivity contribution in [3.63, 3.8) is 0 Å². The zero-order valence-electron chi connectivity index (χ0n) is 12.9.